The first-order valence-corrected chi connectivity index (χ1v) is 6.73. The number of carbonyl (C=O) groups is 2. The van der Waals surface area contributed by atoms with Gasteiger partial charge in [-0.3, -0.25) is 9.59 Å². The van der Waals surface area contributed by atoms with Gasteiger partial charge in [-0.15, -0.1) is 0 Å². The van der Waals surface area contributed by atoms with Gasteiger partial charge in [-0.05, 0) is 31.0 Å². The number of nitrogen functional groups attached to an aromatic ring is 1. The summed E-state index contributed by atoms with van der Waals surface area (Å²) in [6.07, 6.45) is 4.31. The van der Waals surface area contributed by atoms with Crippen LogP contribution in [0, 0.1) is 0 Å². The molecule has 1 aromatic rings. The highest BCUT2D eigenvalue weighted by molar-refractivity contribution is 5.99. The molecule has 0 spiro atoms. The molecular weight excluding hydrogens is 256 g/mol. The van der Waals surface area contributed by atoms with Crippen LogP contribution in [0.3, 0.4) is 0 Å². The second kappa shape index (κ2) is 5.81. The van der Waals surface area contributed by atoms with E-state index in [9.17, 15) is 9.59 Å². The Morgan fingerprint density at radius 2 is 1.85 bits per heavy atom. The fourth-order valence-corrected chi connectivity index (χ4v) is 2.75. The SMILES string of the molecule is NC(=O)CN(c1ccc(N)c(C(N)=O)c1)C1CCCC1. The predicted molar refractivity (Wildman–Crippen MR) is 78.2 cm³/mol. The zero-order valence-electron chi connectivity index (χ0n) is 11.3. The third kappa shape index (κ3) is 3.01. The van der Waals surface area contributed by atoms with Crippen LogP contribution in [0.15, 0.2) is 18.2 Å². The molecule has 0 aromatic heterocycles. The molecule has 0 unspecified atom stereocenters. The van der Waals surface area contributed by atoms with Gasteiger partial charge in [0.25, 0.3) is 5.91 Å². The molecule has 20 heavy (non-hydrogen) atoms. The Kier molecular flexibility index (Phi) is 4.12. The highest BCUT2D eigenvalue weighted by Crippen LogP contribution is 2.29. The molecule has 6 nitrogen and oxygen atoms in total. The number of primary amides is 2. The van der Waals surface area contributed by atoms with E-state index in [4.69, 9.17) is 17.2 Å². The van der Waals surface area contributed by atoms with Crippen LogP contribution in [0.25, 0.3) is 0 Å². The third-order valence-electron chi connectivity index (χ3n) is 3.73. The summed E-state index contributed by atoms with van der Waals surface area (Å²) in [7, 11) is 0. The smallest absolute Gasteiger partial charge is 0.250 e. The molecule has 0 bridgehead atoms. The average Bonchev–Trinajstić information content (AvgIpc) is 2.90. The average molecular weight is 276 g/mol. The first-order chi connectivity index (χ1) is 9.49. The summed E-state index contributed by atoms with van der Waals surface area (Å²) in [6, 6.07) is 5.34. The summed E-state index contributed by atoms with van der Waals surface area (Å²) in [5, 5.41) is 0. The van der Waals surface area contributed by atoms with Crippen molar-refractivity contribution in [3.8, 4) is 0 Å². The Morgan fingerprint density at radius 1 is 1.20 bits per heavy atom. The van der Waals surface area contributed by atoms with Crippen molar-refractivity contribution in [1.82, 2.24) is 0 Å². The summed E-state index contributed by atoms with van der Waals surface area (Å²) in [5.74, 6) is -0.968. The van der Waals surface area contributed by atoms with Crippen LogP contribution >= 0.6 is 0 Å². The van der Waals surface area contributed by atoms with Crippen molar-refractivity contribution < 1.29 is 9.59 Å². The highest BCUT2D eigenvalue weighted by atomic mass is 16.1. The largest absolute Gasteiger partial charge is 0.398 e. The summed E-state index contributed by atoms with van der Waals surface area (Å²) in [5.41, 5.74) is 17.7. The number of anilines is 2. The lowest BCUT2D eigenvalue weighted by molar-refractivity contribution is -0.116. The number of nitrogens with two attached hydrogens (primary N) is 3. The minimum Gasteiger partial charge on any atom is -0.398 e. The lowest BCUT2D eigenvalue weighted by Gasteiger charge is -2.30. The van der Waals surface area contributed by atoms with Crippen LogP contribution in [0.5, 0.6) is 0 Å². The summed E-state index contributed by atoms with van der Waals surface area (Å²) in [6.45, 7) is 0.132. The van der Waals surface area contributed by atoms with E-state index in [1.54, 1.807) is 18.2 Å². The van der Waals surface area contributed by atoms with Gasteiger partial charge in [0, 0.05) is 17.4 Å². The van der Waals surface area contributed by atoms with E-state index in [0.717, 1.165) is 31.4 Å². The Morgan fingerprint density at radius 3 is 2.40 bits per heavy atom. The number of hydrogen-bond donors (Lipinski definition) is 3. The molecule has 0 saturated heterocycles. The van der Waals surface area contributed by atoms with Gasteiger partial charge in [-0.25, -0.2) is 0 Å². The molecule has 6 heteroatoms. The van der Waals surface area contributed by atoms with Crippen molar-refractivity contribution in [2.24, 2.45) is 11.5 Å². The summed E-state index contributed by atoms with van der Waals surface area (Å²) in [4.78, 5) is 24.6. The standard InChI is InChI=1S/C14H20N4O2/c15-12-6-5-10(7-11(12)14(17)20)18(8-13(16)19)9-3-1-2-4-9/h5-7,9H,1-4,8,15H2,(H2,16,19)(H2,17,20). The second-order valence-corrected chi connectivity index (χ2v) is 5.17. The summed E-state index contributed by atoms with van der Waals surface area (Å²) < 4.78 is 0. The minimum atomic E-state index is -0.574. The molecule has 108 valence electrons. The van der Waals surface area contributed by atoms with E-state index in [0.29, 0.717) is 5.69 Å². The maximum absolute atomic E-state index is 11.4. The van der Waals surface area contributed by atoms with E-state index >= 15 is 0 Å². The normalized spacial score (nSPS) is 15.2. The van der Waals surface area contributed by atoms with Crippen molar-refractivity contribution in [2.45, 2.75) is 31.7 Å². The fraction of sp³-hybridized carbons (Fsp3) is 0.429. The van der Waals surface area contributed by atoms with E-state index in [-0.39, 0.29) is 18.2 Å². The van der Waals surface area contributed by atoms with E-state index in [1.165, 1.54) is 0 Å². The van der Waals surface area contributed by atoms with Crippen molar-refractivity contribution in [2.75, 3.05) is 17.2 Å². The van der Waals surface area contributed by atoms with Gasteiger partial charge >= 0.3 is 0 Å². The van der Waals surface area contributed by atoms with Crippen LogP contribution in [-0.4, -0.2) is 24.4 Å². The Labute approximate surface area is 117 Å². The molecule has 0 heterocycles. The van der Waals surface area contributed by atoms with Crippen LogP contribution in [0.1, 0.15) is 36.0 Å². The topological polar surface area (TPSA) is 115 Å². The molecule has 1 fully saturated rings. The number of nitrogens with zero attached hydrogens (tertiary/aromatic N) is 1. The quantitative estimate of drug-likeness (QED) is 0.683. The Hall–Kier alpha value is -2.24. The first kappa shape index (κ1) is 14.2. The molecule has 0 aliphatic heterocycles. The molecular formula is C14H20N4O2. The monoisotopic (exact) mass is 276 g/mol. The minimum absolute atomic E-state index is 0.132. The maximum atomic E-state index is 11.4. The Balaban J connectivity index is 2.34. The number of hydrogen-bond acceptors (Lipinski definition) is 4. The highest BCUT2D eigenvalue weighted by Gasteiger charge is 2.24. The lowest BCUT2D eigenvalue weighted by Crippen LogP contribution is -2.40. The molecule has 1 saturated carbocycles. The number of rotatable bonds is 5. The van der Waals surface area contributed by atoms with Crippen LogP contribution in [0.2, 0.25) is 0 Å². The van der Waals surface area contributed by atoms with E-state index in [1.807, 2.05) is 4.90 Å². The van der Waals surface area contributed by atoms with Gasteiger partial charge in [0.15, 0.2) is 0 Å². The number of carbonyl (C=O) groups excluding carboxylic acids is 2. The van der Waals surface area contributed by atoms with Crippen LogP contribution in [-0.2, 0) is 4.79 Å². The zero-order chi connectivity index (χ0) is 14.7. The first-order valence-electron chi connectivity index (χ1n) is 6.73. The van der Waals surface area contributed by atoms with Gasteiger partial charge in [0.2, 0.25) is 5.91 Å². The Bertz CT molecular complexity index is 524. The molecule has 1 aliphatic carbocycles. The van der Waals surface area contributed by atoms with E-state index in [2.05, 4.69) is 0 Å². The van der Waals surface area contributed by atoms with Crippen LogP contribution < -0.4 is 22.1 Å². The molecule has 0 atom stereocenters. The van der Waals surface area contributed by atoms with Gasteiger partial charge in [-0.2, -0.15) is 0 Å². The number of benzene rings is 1. The second-order valence-electron chi connectivity index (χ2n) is 5.17. The molecule has 1 aromatic carbocycles. The summed E-state index contributed by atoms with van der Waals surface area (Å²) >= 11 is 0. The van der Waals surface area contributed by atoms with Gasteiger partial charge in [0.1, 0.15) is 0 Å². The number of amides is 2. The van der Waals surface area contributed by atoms with Gasteiger partial charge < -0.3 is 22.1 Å². The fourth-order valence-electron chi connectivity index (χ4n) is 2.75. The third-order valence-corrected chi connectivity index (χ3v) is 3.73. The van der Waals surface area contributed by atoms with Gasteiger partial charge in [0.05, 0.1) is 12.1 Å². The lowest BCUT2D eigenvalue weighted by atomic mass is 10.1. The van der Waals surface area contributed by atoms with Crippen molar-refractivity contribution in [1.29, 1.82) is 0 Å². The molecule has 6 N–H and O–H groups in total. The molecule has 2 amide bonds. The maximum Gasteiger partial charge on any atom is 0.250 e. The van der Waals surface area contributed by atoms with Crippen LogP contribution in [0.4, 0.5) is 11.4 Å². The van der Waals surface area contributed by atoms with Crippen molar-refractivity contribution >= 4 is 23.2 Å². The molecule has 1 aliphatic rings. The predicted octanol–water partition coefficient (Wildman–Crippen LogP) is 0.602. The zero-order valence-corrected chi connectivity index (χ0v) is 11.3. The molecule has 0 radical (unpaired) electrons. The van der Waals surface area contributed by atoms with Gasteiger partial charge in [-0.1, -0.05) is 12.8 Å². The van der Waals surface area contributed by atoms with E-state index < -0.39 is 11.8 Å². The van der Waals surface area contributed by atoms with Crippen molar-refractivity contribution in [3.63, 3.8) is 0 Å². The molecule has 2 rings (SSSR count). The van der Waals surface area contributed by atoms with Crippen molar-refractivity contribution in [3.05, 3.63) is 23.8 Å².